The van der Waals surface area contributed by atoms with Crippen molar-refractivity contribution in [2.24, 2.45) is 0 Å². The number of hydrogen-bond acceptors (Lipinski definition) is 2. The second kappa shape index (κ2) is 7.38. The lowest BCUT2D eigenvalue weighted by Crippen LogP contribution is -2.12. The standard InChI is InChI=1S/C28H24O2/c1-18(24-7-4-8-26-25-6-3-2-5-21(25)17-27(24)26)28(19-9-13-22(29)14-10-19)20-11-15-23(30)16-12-20/h2-16,18,28-30H,17H2,1H3. The van der Waals surface area contributed by atoms with Crippen LogP contribution in [0.5, 0.6) is 11.5 Å². The molecule has 0 amide bonds. The van der Waals surface area contributed by atoms with Crippen LogP contribution in [-0.4, -0.2) is 10.2 Å². The highest BCUT2D eigenvalue weighted by molar-refractivity contribution is 5.78. The highest BCUT2D eigenvalue weighted by atomic mass is 16.3. The Labute approximate surface area is 177 Å². The normalized spacial score (nSPS) is 13.1. The van der Waals surface area contributed by atoms with Crippen LogP contribution in [0.15, 0.2) is 91.0 Å². The second-order valence-corrected chi connectivity index (χ2v) is 8.16. The quantitative estimate of drug-likeness (QED) is 0.361. The van der Waals surface area contributed by atoms with Crippen LogP contribution in [0.2, 0.25) is 0 Å². The largest absolute Gasteiger partial charge is 0.508 e. The molecule has 1 aliphatic rings. The molecular weight excluding hydrogens is 368 g/mol. The Morgan fingerprint density at radius 2 is 1.20 bits per heavy atom. The molecule has 0 aromatic heterocycles. The number of phenolic OH excluding ortho intramolecular Hbond substituents is 2. The molecule has 0 heterocycles. The van der Waals surface area contributed by atoms with Crippen molar-refractivity contribution in [3.05, 3.63) is 119 Å². The molecule has 2 heteroatoms. The molecule has 30 heavy (non-hydrogen) atoms. The van der Waals surface area contributed by atoms with Gasteiger partial charge in [0.25, 0.3) is 0 Å². The summed E-state index contributed by atoms with van der Waals surface area (Å²) in [7, 11) is 0. The van der Waals surface area contributed by atoms with Gasteiger partial charge in [-0.15, -0.1) is 0 Å². The van der Waals surface area contributed by atoms with E-state index in [-0.39, 0.29) is 23.3 Å². The van der Waals surface area contributed by atoms with Gasteiger partial charge in [-0.05, 0) is 75.5 Å². The number of rotatable bonds is 4. The molecule has 1 aliphatic carbocycles. The summed E-state index contributed by atoms with van der Waals surface area (Å²) in [6, 6.07) is 30.3. The molecular formula is C28H24O2. The van der Waals surface area contributed by atoms with E-state index in [1.54, 1.807) is 24.3 Å². The minimum Gasteiger partial charge on any atom is -0.508 e. The summed E-state index contributed by atoms with van der Waals surface area (Å²) in [4.78, 5) is 0. The molecule has 0 spiro atoms. The molecule has 0 saturated carbocycles. The first-order valence-electron chi connectivity index (χ1n) is 10.4. The first kappa shape index (κ1) is 18.5. The zero-order valence-electron chi connectivity index (χ0n) is 16.9. The Hall–Kier alpha value is -3.52. The lowest BCUT2D eigenvalue weighted by molar-refractivity contribution is 0.474. The lowest BCUT2D eigenvalue weighted by Gasteiger charge is -2.27. The summed E-state index contributed by atoms with van der Waals surface area (Å²) in [5, 5.41) is 19.6. The molecule has 1 atom stereocenters. The Kier molecular flexibility index (Phi) is 4.55. The van der Waals surface area contributed by atoms with Crippen molar-refractivity contribution in [1.29, 1.82) is 0 Å². The van der Waals surface area contributed by atoms with E-state index in [2.05, 4.69) is 49.4 Å². The molecule has 4 aromatic rings. The van der Waals surface area contributed by atoms with Crippen molar-refractivity contribution in [3.8, 4) is 22.6 Å². The SMILES string of the molecule is CC(c1cccc2c1Cc1ccccc1-2)C(c1ccc(O)cc1)c1ccc(O)cc1. The molecule has 0 fully saturated rings. The van der Waals surface area contributed by atoms with Gasteiger partial charge in [-0.2, -0.15) is 0 Å². The van der Waals surface area contributed by atoms with Crippen molar-refractivity contribution in [2.75, 3.05) is 0 Å². The van der Waals surface area contributed by atoms with Crippen LogP contribution in [0, 0.1) is 0 Å². The maximum absolute atomic E-state index is 9.79. The van der Waals surface area contributed by atoms with Crippen LogP contribution in [0.25, 0.3) is 11.1 Å². The zero-order valence-corrected chi connectivity index (χ0v) is 16.9. The number of aromatic hydroxyl groups is 2. The van der Waals surface area contributed by atoms with Crippen molar-refractivity contribution in [2.45, 2.75) is 25.2 Å². The highest BCUT2D eigenvalue weighted by Gasteiger charge is 2.28. The monoisotopic (exact) mass is 392 g/mol. The first-order chi connectivity index (χ1) is 14.6. The average Bonchev–Trinajstić information content (AvgIpc) is 3.15. The summed E-state index contributed by atoms with van der Waals surface area (Å²) in [5.74, 6) is 0.878. The van der Waals surface area contributed by atoms with Gasteiger partial charge in [0.2, 0.25) is 0 Å². The van der Waals surface area contributed by atoms with Gasteiger partial charge in [-0.25, -0.2) is 0 Å². The number of benzene rings is 4. The molecule has 5 rings (SSSR count). The fourth-order valence-electron chi connectivity index (χ4n) is 4.92. The van der Waals surface area contributed by atoms with Crippen molar-refractivity contribution < 1.29 is 10.2 Å². The minimum atomic E-state index is 0.112. The van der Waals surface area contributed by atoms with Gasteiger partial charge in [-0.3, -0.25) is 0 Å². The Balaban J connectivity index is 1.62. The van der Waals surface area contributed by atoms with Gasteiger partial charge < -0.3 is 10.2 Å². The topological polar surface area (TPSA) is 40.5 Å². The van der Waals surface area contributed by atoms with E-state index in [1.807, 2.05) is 24.3 Å². The van der Waals surface area contributed by atoms with Crippen molar-refractivity contribution in [3.63, 3.8) is 0 Å². The number of hydrogen-bond donors (Lipinski definition) is 2. The number of phenols is 2. The summed E-state index contributed by atoms with van der Waals surface area (Å²) in [5.41, 5.74) is 9.14. The minimum absolute atomic E-state index is 0.112. The fourth-order valence-corrected chi connectivity index (χ4v) is 4.92. The van der Waals surface area contributed by atoms with E-state index in [0.717, 1.165) is 17.5 Å². The predicted molar refractivity (Wildman–Crippen MR) is 121 cm³/mol. The van der Waals surface area contributed by atoms with Crippen LogP contribution < -0.4 is 0 Å². The summed E-state index contributed by atoms with van der Waals surface area (Å²) in [6.45, 7) is 2.28. The van der Waals surface area contributed by atoms with Crippen LogP contribution in [0.1, 0.15) is 46.6 Å². The van der Waals surface area contributed by atoms with E-state index >= 15 is 0 Å². The maximum atomic E-state index is 9.79. The second-order valence-electron chi connectivity index (χ2n) is 8.16. The van der Waals surface area contributed by atoms with Gasteiger partial charge in [0, 0.05) is 5.92 Å². The summed E-state index contributed by atoms with van der Waals surface area (Å²) >= 11 is 0. The third-order valence-corrected chi connectivity index (χ3v) is 6.38. The van der Waals surface area contributed by atoms with Crippen LogP contribution >= 0.6 is 0 Å². The van der Waals surface area contributed by atoms with Crippen molar-refractivity contribution in [1.82, 2.24) is 0 Å². The average molecular weight is 392 g/mol. The Morgan fingerprint density at radius 1 is 0.633 bits per heavy atom. The molecule has 0 aliphatic heterocycles. The van der Waals surface area contributed by atoms with Gasteiger partial charge in [0.15, 0.2) is 0 Å². The lowest BCUT2D eigenvalue weighted by atomic mass is 9.76. The smallest absolute Gasteiger partial charge is 0.115 e. The summed E-state index contributed by atoms with van der Waals surface area (Å²) < 4.78 is 0. The van der Waals surface area contributed by atoms with Crippen LogP contribution in [0.3, 0.4) is 0 Å². The molecule has 2 N–H and O–H groups in total. The van der Waals surface area contributed by atoms with Gasteiger partial charge in [0.05, 0.1) is 0 Å². The van der Waals surface area contributed by atoms with E-state index in [0.29, 0.717) is 0 Å². The highest BCUT2D eigenvalue weighted by Crippen LogP contribution is 2.45. The third-order valence-electron chi connectivity index (χ3n) is 6.38. The van der Waals surface area contributed by atoms with Gasteiger partial charge >= 0.3 is 0 Å². The van der Waals surface area contributed by atoms with Gasteiger partial charge in [-0.1, -0.05) is 73.7 Å². The Morgan fingerprint density at radius 3 is 1.83 bits per heavy atom. The van der Waals surface area contributed by atoms with Gasteiger partial charge in [0.1, 0.15) is 11.5 Å². The van der Waals surface area contributed by atoms with Crippen LogP contribution in [-0.2, 0) is 6.42 Å². The van der Waals surface area contributed by atoms with E-state index in [1.165, 1.54) is 27.8 Å². The van der Waals surface area contributed by atoms with E-state index in [4.69, 9.17) is 0 Å². The molecule has 148 valence electrons. The van der Waals surface area contributed by atoms with E-state index in [9.17, 15) is 10.2 Å². The molecule has 1 unspecified atom stereocenters. The fraction of sp³-hybridized carbons (Fsp3) is 0.143. The molecule has 2 nitrogen and oxygen atoms in total. The van der Waals surface area contributed by atoms with E-state index < -0.39 is 0 Å². The molecule has 0 radical (unpaired) electrons. The molecule has 0 saturated heterocycles. The Bertz CT molecular complexity index is 1140. The van der Waals surface area contributed by atoms with Crippen molar-refractivity contribution >= 4 is 0 Å². The number of fused-ring (bicyclic) bond motifs is 3. The zero-order chi connectivity index (χ0) is 20.7. The predicted octanol–water partition coefficient (Wildman–Crippen LogP) is 6.60. The molecule has 4 aromatic carbocycles. The summed E-state index contributed by atoms with van der Waals surface area (Å²) in [6.07, 6.45) is 0.962. The third kappa shape index (κ3) is 3.15. The van der Waals surface area contributed by atoms with Crippen LogP contribution in [0.4, 0.5) is 0 Å². The first-order valence-corrected chi connectivity index (χ1v) is 10.4. The molecule has 0 bridgehead atoms. The maximum Gasteiger partial charge on any atom is 0.115 e.